The Hall–Kier alpha value is -2.85. The summed E-state index contributed by atoms with van der Waals surface area (Å²) in [6, 6.07) is 5.01. The molecule has 1 aromatic carbocycles. The largest absolute Gasteiger partial charge is 0.463 e. The van der Waals surface area contributed by atoms with Gasteiger partial charge in [-0.3, -0.25) is 19.7 Å². The molecule has 10 heteroatoms. The van der Waals surface area contributed by atoms with E-state index in [4.69, 9.17) is 9.47 Å². The number of methoxy groups -OCH3 is 1. The lowest BCUT2D eigenvalue weighted by atomic mass is 10.0. The number of nitrogens with zero attached hydrogens (tertiary/aromatic N) is 2. The Morgan fingerprint density at radius 1 is 1.32 bits per heavy atom. The number of hydrogen-bond donors (Lipinski definition) is 1. The number of esters is 1. The van der Waals surface area contributed by atoms with E-state index in [1.807, 2.05) is 0 Å². The molecule has 1 unspecified atom stereocenters. The first-order valence-corrected chi connectivity index (χ1v) is 9.36. The van der Waals surface area contributed by atoms with Gasteiger partial charge >= 0.3 is 5.97 Å². The van der Waals surface area contributed by atoms with Crippen LogP contribution in [0.5, 0.6) is 0 Å². The number of aromatic nitrogens is 1. The van der Waals surface area contributed by atoms with E-state index in [9.17, 15) is 19.7 Å². The highest BCUT2D eigenvalue weighted by Crippen LogP contribution is 2.28. The summed E-state index contributed by atoms with van der Waals surface area (Å²) in [7, 11) is 1.52. The zero-order valence-corrected chi connectivity index (χ0v) is 16.5. The fourth-order valence-electron chi connectivity index (χ4n) is 2.50. The standard InChI is InChI=1S/C18H21N3O6S/c1-11(2)27-17(22)8-13(12-6-4-5-7-15(12)21(24)25)20-18(23)14-10-28-16(19-14)9-26-3/h4-7,10-11,13H,8-9H2,1-3H3,(H,20,23). The van der Waals surface area contributed by atoms with Crippen LogP contribution >= 0.6 is 11.3 Å². The monoisotopic (exact) mass is 407 g/mol. The van der Waals surface area contributed by atoms with Crippen molar-refractivity contribution in [3.05, 3.63) is 56.0 Å². The third-order valence-corrected chi connectivity index (χ3v) is 4.43. The number of hydrogen-bond acceptors (Lipinski definition) is 8. The van der Waals surface area contributed by atoms with Crippen molar-refractivity contribution in [3.8, 4) is 0 Å². The minimum absolute atomic E-state index is 0.151. The molecule has 0 aliphatic heterocycles. The van der Waals surface area contributed by atoms with Crippen molar-refractivity contribution < 1.29 is 24.0 Å². The van der Waals surface area contributed by atoms with Crippen LogP contribution in [-0.2, 0) is 20.9 Å². The summed E-state index contributed by atoms with van der Waals surface area (Å²) < 4.78 is 10.1. The Morgan fingerprint density at radius 2 is 2.04 bits per heavy atom. The van der Waals surface area contributed by atoms with Crippen LogP contribution in [-0.4, -0.2) is 35.0 Å². The van der Waals surface area contributed by atoms with Gasteiger partial charge in [-0.25, -0.2) is 4.98 Å². The molecule has 0 radical (unpaired) electrons. The van der Waals surface area contributed by atoms with Crippen LogP contribution < -0.4 is 5.32 Å². The molecule has 9 nitrogen and oxygen atoms in total. The topological polar surface area (TPSA) is 121 Å². The van der Waals surface area contributed by atoms with Gasteiger partial charge in [0, 0.05) is 18.6 Å². The lowest BCUT2D eigenvalue weighted by molar-refractivity contribution is -0.385. The molecule has 1 atom stereocenters. The summed E-state index contributed by atoms with van der Waals surface area (Å²) in [6.45, 7) is 3.67. The fraction of sp³-hybridized carbons (Fsp3) is 0.389. The molecule has 1 heterocycles. The Labute approximate surface area is 165 Å². The Bertz CT molecular complexity index is 851. The number of rotatable bonds is 9. The van der Waals surface area contributed by atoms with Gasteiger partial charge in [0.2, 0.25) is 0 Å². The molecular formula is C18H21N3O6S. The quantitative estimate of drug-likeness (QED) is 0.385. The predicted molar refractivity (Wildman–Crippen MR) is 102 cm³/mol. The van der Waals surface area contributed by atoms with E-state index in [-0.39, 0.29) is 36.1 Å². The fourth-order valence-corrected chi connectivity index (χ4v) is 3.25. The van der Waals surface area contributed by atoms with Gasteiger partial charge in [-0.15, -0.1) is 11.3 Å². The molecule has 0 bridgehead atoms. The van der Waals surface area contributed by atoms with Crippen LogP contribution in [0.25, 0.3) is 0 Å². The van der Waals surface area contributed by atoms with Crippen LogP contribution in [0.4, 0.5) is 5.69 Å². The number of nitrogens with one attached hydrogen (secondary N) is 1. The van der Waals surface area contributed by atoms with E-state index in [1.54, 1.807) is 25.3 Å². The van der Waals surface area contributed by atoms with Crippen LogP contribution in [0, 0.1) is 10.1 Å². The van der Waals surface area contributed by atoms with E-state index in [0.29, 0.717) is 5.01 Å². The van der Waals surface area contributed by atoms with Gasteiger partial charge in [-0.2, -0.15) is 0 Å². The van der Waals surface area contributed by atoms with Crippen molar-refractivity contribution in [1.82, 2.24) is 10.3 Å². The van der Waals surface area contributed by atoms with Crippen molar-refractivity contribution >= 4 is 28.9 Å². The number of nitro benzene ring substituents is 1. The molecule has 2 aromatic rings. The number of nitro groups is 1. The van der Waals surface area contributed by atoms with Gasteiger partial charge in [0.25, 0.3) is 11.6 Å². The summed E-state index contributed by atoms with van der Waals surface area (Å²) in [5.41, 5.74) is 0.176. The maximum Gasteiger partial charge on any atom is 0.308 e. The molecule has 150 valence electrons. The van der Waals surface area contributed by atoms with E-state index >= 15 is 0 Å². The average molecular weight is 407 g/mol. The summed E-state index contributed by atoms with van der Waals surface area (Å²) in [4.78, 5) is 39.7. The Kier molecular flexibility index (Phi) is 7.59. The number of para-hydroxylation sites is 1. The SMILES string of the molecule is COCc1nc(C(=O)NC(CC(=O)OC(C)C)c2ccccc2[N+](=O)[O-])cs1. The second kappa shape index (κ2) is 9.90. The van der Waals surface area contributed by atoms with Gasteiger partial charge in [0.05, 0.1) is 35.7 Å². The molecule has 0 fully saturated rings. The molecular weight excluding hydrogens is 386 g/mol. The number of thiazole rings is 1. The van der Waals surface area contributed by atoms with Crippen molar-refractivity contribution in [2.75, 3.05) is 7.11 Å². The van der Waals surface area contributed by atoms with Gasteiger partial charge in [0.1, 0.15) is 10.7 Å². The van der Waals surface area contributed by atoms with Crippen LogP contribution in [0.3, 0.4) is 0 Å². The number of benzene rings is 1. The van der Waals surface area contributed by atoms with Crippen molar-refractivity contribution in [2.24, 2.45) is 0 Å². The minimum atomic E-state index is -0.937. The third kappa shape index (κ3) is 5.83. The average Bonchev–Trinajstić information content (AvgIpc) is 3.09. The van der Waals surface area contributed by atoms with Crippen LogP contribution in [0.15, 0.2) is 29.6 Å². The molecule has 28 heavy (non-hydrogen) atoms. The van der Waals surface area contributed by atoms with Crippen LogP contribution in [0.2, 0.25) is 0 Å². The highest BCUT2D eigenvalue weighted by molar-refractivity contribution is 7.09. The molecule has 1 aromatic heterocycles. The summed E-state index contributed by atoms with van der Waals surface area (Å²) in [5.74, 6) is -1.11. The minimum Gasteiger partial charge on any atom is -0.463 e. The summed E-state index contributed by atoms with van der Waals surface area (Å²) >= 11 is 1.26. The number of carbonyl (C=O) groups excluding carboxylic acids is 2. The van der Waals surface area contributed by atoms with Crippen molar-refractivity contribution in [2.45, 2.75) is 39.0 Å². The first kappa shape index (κ1) is 21.5. The second-order valence-corrected chi connectivity index (χ2v) is 7.09. The van der Waals surface area contributed by atoms with Gasteiger partial charge in [-0.1, -0.05) is 18.2 Å². The predicted octanol–water partition coefficient (Wildman–Crippen LogP) is 3.01. The molecule has 2 rings (SSSR count). The van der Waals surface area contributed by atoms with E-state index in [1.165, 1.54) is 36.6 Å². The molecule has 0 saturated carbocycles. The summed E-state index contributed by atoms with van der Waals surface area (Å²) in [5, 5.41) is 16.2. The normalized spacial score (nSPS) is 11.9. The molecule has 1 N–H and O–H groups in total. The van der Waals surface area contributed by atoms with E-state index in [0.717, 1.165) is 0 Å². The zero-order valence-electron chi connectivity index (χ0n) is 15.7. The van der Waals surface area contributed by atoms with Gasteiger partial charge < -0.3 is 14.8 Å². The first-order valence-electron chi connectivity index (χ1n) is 8.48. The lowest BCUT2D eigenvalue weighted by Crippen LogP contribution is -2.31. The zero-order chi connectivity index (χ0) is 20.7. The summed E-state index contributed by atoms with van der Waals surface area (Å²) in [6.07, 6.45) is -0.589. The van der Waals surface area contributed by atoms with Gasteiger partial charge in [0.15, 0.2) is 0 Å². The van der Waals surface area contributed by atoms with Gasteiger partial charge in [-0.05, 0) is 13.8 Å². The van der Waals surface area contributed by atoms with E-state index < -0.39 is 22.8 Å². The maximum absolute atomic E-state index is 12.6. The highest BCUT2D eigenvalue weighted by Gasteiger charge is 2.27. The number of carbonyl (C=O) groups is 2. The van der Waals surface area contributed by atoms with Crippen molar-refractivity contribution in [3.63, 3.8) is 0 Å². The molecule has 0 aliphatic carbocycles. The number of amides is 1. The maximum atomic E-state index is 12.6. The molecule has 0 aliphatic rings. The highest BCUT2D eigenvalue weighted by atomic mass is 32.1. The first-order chi connectivity index (χ1) is 13.3. The molecule has 0 spiro atoms. The number of ether oxygens (including phenoxy) is 2. The Morgan fingerprint density at radius 3 is 2.68 bits per heavy atom. The van der Waals surface area contributed by atoms with Crippen LogP contribution in [0.1, 0.15) is 47.4 Å². The Balaban J connectivity index is 2.28. The second-order valence-electron chi connectivity index (χ2n) is 6.14. The molecule has 1 amide bonds. The molecule has 0 saturated heterocycles. The third-order valence-electron chi connectivity index (χ3n) is 3.60. The van der Waals surface area contributed by atoms with E-state index in [2.05, 4.69) is 10.3 Å². The lowest BCUT2D eigenvalue weighted by Gasteiger charge is -2.19. The smallest absolute Gasteiger partial charge is 0.308 e. The van der Waals surface area contributed by atoms with Crippen molar-refractivity contribution in [1.29, 1.82) is 0 Å².